The van der Waals surface area contributed by atoms with Crippen LogP contribution in [0.15, 0.2) is 23.0 Å². The van der Waals surface area contributed by atoms with Gasteiger partial charge in [-0.15, -0.1) is 11.3 Å². The van der Waals surface area contributed by atoms with Crippen molar-refractivity contribution in [1.29, 1.82) is 0 Å². The Morgan fingerprint density at radius 1 is 1.33 bits per heavy atom. The summed E-state index contributed by atoms with van der Waals surface area (Å²) in [5.74, 6) is 1.54. The molecule has 0 amide bonds. The molecule has 0 saturated carbocycles. The molecule has 4 rings (SSSR count). The first-order valence-electron chi connectivity index (χ1n) is 9.20. The maximum absolute atomic E-state index is 12.8. The number of rotatable bonds is 2. The summed E-state index contributed by atoms with van der Waals surface area (Å²) in [5.41, 5.74) is 2.07. The summed E-state index contributed by atoms with van der Waals surface area (Å²) in [6.07, 6.45) is 3.06. The van der Waals surface area contributed by atoms with Crippen LogP contribution in [0.4, 0.5) is 0 Å². The number of hydrogen-bond acceptors (Lipinski definition) is 5. The molecule has 1 aliphatic carbocycles. The van der Waals surface area contributed by atoms with E-state index in [1.165, 1.54) is 17.6 Å². The van der Waals surface area contributed by atoms with Crippen molar-refractivity contribution in [3.05, 3.63) is 39.0 Å². The van der Waals surface area contributed by atoms with Gasteiger partial charge in [0.15, 0.2) is 11.5 Å². The lowest BCUT2D eigenvalue weighted by Crippen LogP contribution is -2.26. The Morgan fingerprint density at radius 2 is 2.11 bits per heavy atom. The second kappa shape index (κ2) is 6.37. The molecule has 0 aliphatic heterocycles. The molecular weight excluding hydrogens is 360 g/mol. The van der Waals surface area contributed by atoms with Crippen molar-refractivity contribution in [3.63, 3.8) is 0 Å². The fraction of sp³-hybridized carbons (Fsp3) is 0.429. The topological polar surface area (TPSA) is 75.2 Å². The van der Waals surface area contributed by atoms with E-state index in [4.69, 9.17) is 9.72 Å². The third-order valence-corrected chi connectivity index (χ3v) is 6.75. The number of phenols is 1. The highest BCUT2D eigenvalue weighted by Crippen LogP contribution is 2.42. The first kappa shape index (κ1) is 18.0. The number of H-pyrrole nitrogens is 1. The predicted octanol–water partition coefficient (Wildman–Crippen LogP) is 4.52. The Kier molecular flexibility index (Phi) is 4.26. The number of methoxy groups -OCH3 is 1. The first-order chi connectivity index (χ1) is 12.8. The van der Waals surface area contributed by atoms with Gasteiger partial charge in [-0.05, 0) is 54.4 Å². The van der Waals surface area contributed by atoms with Gasteiger partial charge < -0.3 is 14.8 Å². The Balaban J connectivity index is 1.81. The Bertz CT molecular complexity index is 1080. The number of phenolic OH excluding ortho intramolecular Hbond substituents is 1. The van der Waals surface area contributed by atoms with Crippen molar-refractivity contribution in [2.75, 3.05) is 7.11 Å². The number of hydrogen-bond donors (Lipinski definition) is 2. The molecule has 3 aromatic rings. The summed E-state index contributed by atoms with van der Waals surface area (Å²) < 4.78 is 5.17. The maximum atomic E-state index is 12.8. The average Bonchev–Trinajstić information content (AvgIpc) is 2.99. The number of aromatic nitrogens is 2. The zero-order valence-corrected chi connectivity index (χ0v) is 16.9. The summed E-state index contributed by atoms with van der Waals surface area (Å²) in [6, 6.07) is 4.96. The highest BCUT2D eigenvalue weighted by molar-refractivity contribution is 7.18. The quantitative estimate of drug-likeness (QED) is 0.681. The number of ether oxygens (including phenoxy) is 1. The van der Waals surface area contributed by atoms with Gasteiger partial charge in [0.1, 0.15) is 10.7 Å². The van der Waals surface area contributed by atoms with E-state index in [1.807, 2.05) is 0 Å². The predicted molar refractivity (Wildman–Crippen MR) is 109 cm³/mol. The molecule has 27 heavy (non-hydrogen) atoms. The molecule has 1 unspecified atom stereocenters. The van der Waals surface area contributed by atoms with Crippen LogP contribution in [0.2, 0.25) is 0 Å². The van der Waals surface area contributed by atoms with Crippen LogP contribution in [-0.2, 0) is 12.8 Å². The van der Waals surface area contributed by atoms with E-state index in [0.29, 0.717) is 23.1 Å². The maximum Gasteiger partial charge on any atom is 0.260 e. The molecule has 2 aromatic heterocycles. The van der Waals surface area contributed by atoms with Crippen molar-refractivity contribution in [2.24, 2.45) is 11.3 Å². The molecule has 0 bridgehead atoms. The highest BCUT2D eigenvalue weighted by atomic mass is 32.1. The molecule has 0 saturated heterocycles. The van der Waals surface area contributed by atoms with Gasteiger partial charge in [0.25, 0.3) is 5.56 Å². The van der Waals surface area contributed by atoms with E-state index in [9.17, 15) is 9.90 Å². The molecule has 1 atom stereocenters. The lowest BCUT2D eigenvalue weighted by molar-refractivity contribution is 0.218. The largest absolute Gasteiger partial charge is 0.504 e. The van der Waals surface area contributed by atoms with Crippen LogP contribution in [0.1, 0.15) is 37.6 Å². The third-order valence-electron chi connectivity index (χ3n) is 5.60. The summed E-state index contributed by atoms with van der Waals surface area (Å²) in [6.45, 7) is 6.87. The van der Waals surface area contributed by atoms with Crippen LogP contribution in [0.3, 0.4) is 0 Å². The van der Waals surface area contributed by atoms with Gasteiger partial charge in [-0.2, -0.15) is 0 Å². The van der Waals surface area contributed by atoms with Gasteiger partial charge in [0, 0.05) is 10.4 Å². The lowest BCUT2D eigenvalue weighted by atomic mass is 9.72. The Hall–Kier alpha value is -2.34. The molecule has 2 N–H and O–H groups in total. The molecule has 142 valence electrons. The van der Waals surface area contributed by atoms with Crippen molar-refractivity contribution >= 4 is 21.6 Å². The lowest BCUT2D eigenvalue weighted by Gasteiger charge is -2.33. The van der Waals surface area contributed by atoms with Crippen molar-refractivity contribution in [2.45, 2.75) is 40.0 Å². The van der Waals surface area contributed by atoms with Crippen LogP contribution in [0.25, 0.3) is 21.6 Å². The zero-order chi connectivity index (χ0) is 19.3. The van der Waals surface area contributed by atoms with E-state index in [1.54, 1.807) is 29.5 Å². The average molecular weight is 385 g/mol. The van der Waals surface area contributed by atoms with E-state index >= 15 is 0 Å². The highest BCUT2D eigenvalue weighted by Gasteiger charge is 2.31. The number of nitrogens with zero attached hydrogens (tertiary/aromatic N) is 1. The number of fused-ring (bicyclic) bond motifs is 3. The van der Waals surface area contributed by atoms with Gasteiger partial charge in [0.05, 0.1) is 12.5 Å². The van der Waals surface area contributed by atoms with E-state index in [-0.39, 0.29) is 16.7 Å². The van der Waals surface area contributed by atoms with Gasteiger partial charge >= 0.3 is 0 Å². The molecule has 2 heterocycles. The Labute approximate surface area is 162 Å². The Morgan fingerprint density at radius 3 is 2.81 bits per heavy atom. The summed E-state index contributed by atoms with van der Waals surface area (Å²) in [4.78, 5) is 22.6. The van der Waals surface area contributed by atoms with Gasteiger partial charge in [-0.25, -0.2) is 4.98 Å². The second-order valence-corrected chi connectivity index (χ2v) is 9.37. The number of thiophene rings is 1. The van der Waals surface area contributed by atoms with Crippen LogP contribution in [0, 0.1) is 11.3 Å². The number of benzene rings is 1. The molecule has 0 spiro atoms. The first-order valence-corrected chi connectivity index (χ1v) is 10.0. The summed E-state index contributed by atoms with van der Waals surface area (Å²) in [7, 11) is 1.50. The minimum absolute atomic E-state index is 0.0597. The van der Waals surface area contributed by atoms with Crippen molar-refractivity contribution in [1.82, 2.24) is 9.97 Å². The summed E-state index contributed by atoms with van der Waals surface area (Å²) in [5, 5.41) is 10.5. The number of aryl methyl sites for hydroxylation is 1. The number of aromatic hydroxyl groups is 1. The number of aromatic amines is 1. The van der Waals surface area contributed by atoms with Crippen molar-refractivity contribution < 1.29 is 9.84 Å². The van der Waals surface area contributed by atoms with Crippen LogP contribution >= 0.6 is 11.3 Å². The minimum atomic E-state index is -0.0891. The minimum Gasteiger partial charge on any atom is -0.504 e. The van der Waals surface area contributed by atoms with Crippen LogP contribution < -0.4 is 10.3 Å². The fourth-order valence-electron chi connectivity index (χ4n) is 3.88. The van der Waals surface area contributed by atoms with Gasteiger partial charge in [-0.3, -0.25) is 4.79 Å². The van der Waals surface area contributed by atoms with Crippen LogP contribution in [0.5, 0.6) is 11.5 Å². The van der Waals surface area contributed by atoms with Crippen LogP contribution in [-0.4, -0.2) is 22.2 Å². The zero-order valence-electron chi connectivity index (χ0n) is 16.0. The third kappa shape index (κ3) is 3.12. The molecule has 1 aliphatic rings. The fourth-order valence-corrected chi connectivity index (χ4v) is 5.18. The molecule has 1 aromatic carbocycles. The molecule has 0 radical (unpaired) electrons. The standard InChI is InChI=1S/C21H24N2O3S/c1-21(2,3)12-6-7-13-16(10-12)27-20-17(13)19(25)22-18(23-20)11-5-8-14(24)15(9-11)26-4/h5,8-9,12,24H,6-7,10H2,1-4H3,(H,22,23,25). The van der Waals surface area contributed by atoms with E-state index in [0.717, 1.165) is 29.5 Å². The summed E-state index contributed by atoms with van der Waals surface area (Å²) >= 11 is 1.64. The molecule has 6 heteroatoms. The molecular formula is C21H24N2O3S. The van der Waals surface area contributed by atoms with Crippen molar-refractivity contribution in [3.8, 4) is 22.9 Å². The van der Waals surface area contributed by atoms with E-state index in [2.05, 4.69) is 25.8 Å². The van der Waals surface area contributed by atoms with Gasteiger partial charge in [0.2, 0.25) is 0 Å². The molecule has 0 fully saturated rings. The second-order valence-electron chi connectivity index (χ2n) is 8.29. The normalized spacial score (nSPS) is 17.1. The SMILES string of the molecule is COc1cc(-c2nc3sc4c(c3c(=O)[nH]2)CCC(C(C)(C)C)C4)ccc1O. The smallest absolute Gasteiger partial charge is 0.260 e. The number of nitrogens with one attached hydrogen (secondary N) is 1. The van der Waals surface area contributed by atoms with E-state index < -0.39 is 0 Å². The molecule has 5 nitrogen and oxygen atoms in total. The van der Waals surface area contributed by atoms with Gasteiger partial charge in [-0.1, -0.05) is 20.8 Å². The monoisotopic (exact) mass is 384 g/mol.